The fourth-order valence-corrected chi connectivity index (χ4v) is 5.60. The molecule has 0 heterocycles. The maximum absolute atomic E-state index is 13.5. The van der Waals surface area contributed by atoms with Crippen molar-refractivity contribution in [1.29, 1.82) is 0 Å². The van der Waals surface area contributed by atoms with Gasteiger partial charge in [-0.2, -0.15) is 0 Å². The highest BCUT2D eigenvalue weighted by molar-refractivity contribution is 7.54. The van der Waals surface area contributed by atoms with Gasteiger partial charge in [0.1, 0.15) is 31.6 Å². The lowest BCUT2D eigenvalue weighted by molar-refractivity contribution is -0.147. The zero-order chi connectivity index (χ0) is 32.6. The summed E-state index contributed by atoms with van der Waals surface area (Å²) in [6, 6.07) is 32.8. The Morgan fingerprint density at radius 2 is 1.15 bits per heavy atom. The van der Waals surface area contributed by atoms with Gasteiger partial charge in [-0.05, 0) is 40.8 Å². The van der Waals surface area contributed by atoms with Gasteiger partial charge >= 0.3 is 25.6 Å². The molecule has 1 N–H and O–H groups in total. The van der Waals surface area contributed by atoms with Gasteiger partial charge in [-0.1, -0.05) is 103 Å². The van der Waals surface area contributed by atoms with Gasteiger partial charge in [0, 0.05) is 7.11 Å². The maximum Gasteiger partial charge on any atom is 0.408 e. The van der Waals surface area contributed by atoms with Crippen molar-refractivity contribution in [3.63, 3.8) is 0 Å². The van der Waals surface area contributed by atoms with E-state index in [1.54, 1.807) is 48.5 Å². The van der Waals surface area contributed by atoms with E-state index in [1.807, 2.05) is 66.7 Å². The number of esters is 2. The van der Waals surface area contributed by atoms with Crippen LogP contribution in [0.5, 0.6) is 5.75 Å². The maximum atomic E-state index is 13.5. The Bertz CT molecular complexity index is 1580. The van der Waals surface area contributed by atoms with Gasteiger partial charge in [0.05, 0.1) is 12.6 Å². The Morgan fingerprint density at radius 1 is 0.652 bits per heavy atom. The smallest absolute Gasteiger partial charge is 0.408 e. The van der Waals surface area contributed by atoms with E-state index in [2.05, 4.69) is 5.32 Å². The first kappa shape index (κ1) is 34.0. The molecule has 10 nitrogen and oxygen atoms in total. The van der Waals surface area contributed by atoms with Crippen LogP contribution in [0.4, 0.5) is 4.79 Å². The predicted molar refractivity (Wildman–Crippen MR) is 171 cm³/mol. The second-order valence-electron chi connectivity index (χ2n) is 10.2. The summed E-state index contributed by atoms with van der Waals surface area (Å²) in [5.41, 5.74) is 3.10. The summed E-state index contributed by atoms with van der Waals surface area (Å²) in [5, 5.41) is 2.52. The molecular weight excluding hydrogens is 609 g/mol. The van der Waals surface area contributed by atoms with Crippen molar-refractivity contribution in [2.45, 2.75) is 38.7 Å². The number of carbonyl (C=O) groups is 3. The third kappa shape index (κ3) is 11.5. The molecule has 46 heavy (non-hydrogen) atoms. The summed E-state index contributed by atoms with van der Waals surface area (Å²) in [6.07, 6.45) is -1.13. The van der Waals surface area contributed by atoms with Gasteiger partial charge in [0.15, 0.2) is 0 Å². The van der Waals surface area contributed by atoms with E-state index in [4.69, 9.17) is 23.3 Å². The second-order valence-corrected chi connectivity index (χ2v) is 12.4. The van der Waals surface area contributed by atoms with Crippen LogP contribution in [0.2, 0.25) is 0 Å². The summed E-state index contributed by atoms with van der Waals surface area (Å²) in [5.74, 6) is -0.878. The number of alkyl carbamates (subject to hydrolysis) is 1. The standard InChI is InChI=1S/C35H36NO9P/c1-41-46(40,45-31-19-17-27(18-20-31)23-33(37)42-24-28-11-5-2-6-12-28)22-21-32(34(38)43-25-29-13-7-3-8-14-29)36-35(39)44-26-30-15-9-4-10-16-30/h2-20,32H,21-26H2,1H3,(H,36,39). The topological polar surface area (TPSA) is 126 Å². The minimum absolute atomic E-state index is 0.00112. The van der Waals surface area contributed by atoms with Crippen LogP contribution in [-0.2, 0) is 59.1 Å². The summed E-state index contributed by atoms with van der Waals surface area (Å²) in [4.78, 5) is 37.9. The molecule has 2 unspecified atom stereocenters. The van der Waals surface area contributed by atoms with Crippen molar-refractivity contribution >= 4 is 25.6 Å². The number of hydrogen-bond acceptors (Lipinski definition) is 9. The highest BCUT2D eigenvalue weighted by Gasteiger charge is 2.31. The first-order valence-electron chi connectivity index (χ1n) is 14.6. The van der Waals surface area contributed by atoms with Crippen LogP contribution in [-0.4, -0.2) is 37.3 Å². The molecular formula is C35H36NO9P. The Labute approximate surface area is 268 Å². The molecule has 0 radical (unpaired) electrons. The van der Waals surface area contributed by atoms with Gasteiger partial charge in [0.2, 0.25) is 0 Å². The van der Waals surface area contributed by atoms with Crippen LogP contribution in [0.1, 0.15) is 28.7 Å². The minimum Gasteiger partial charge on any atom is -0.461 e. The Balaban J connectivity index is 1.33. The van der Waals surface area contributed by atoms with Crippen molar-refractivity contribution in [1.82, 2.24) is 5.32 Å². The van der Waals surface area contributed by atoms with E-state index in [-0.39, 0.29) is 50.5 Å². The monoisotopic (exact) mass is 645 g/mol. The minimum atomic E-state index is -3.78. The SMILES string of the molecule is COP(=O)(CCC(NC(=O)OCc1ccccc1)C(=O)OCc1ccccc1)Oc1ccc(CC(=O)OCc2ccccc2)cc1. The van der Waals surface area contributed by atoms with Crippen molar-refractivity contribution in [3.8, 4) is 5.75 Å². The predicted octanol–water partition coefficient (Wildman–Crippen LogP) is 6.62. The van der Waals surface area contributed by atoms with Crippen molar-refractivity contribution in [3.05, 3.63) is 138 Å². The fraction of sp³-hybridized carbons (Fsp3) is 0.229. The highest BCUT2D eigenvalue weighted by Crippen LogP contribution is 2.48. The Morgan fingerprint density at radius 3 is 1.67 bits per heavy atom. The summed E-state index contributed by atoms with van der Waals surface area (Å²) < 4.78 is 40.5. The van der Waals surface area contributed by atoms with E-state index in [9.17, 15) is 18.9 Å². The van der Waals surface area contributed by atoms with E-state index >= 15 is 0 Å². The third-order valence-corrected chi connectivity index (χ3v) is 8.59. The average Bonchev–Trinajstić information content (AvgIpc) is 3.09. The van der Waals surface area contributed by atoms with Crippen LogP contribution in [0.25, 0.3) is 0 Å². The Kier molecular flexibility index (Phi) is 12.9. The molecule has 0 fully saturated rings. The molecule has 0 aliphatic heterocycles. The largest absolute Gasteiger partial charge is 0.461 e. The van der Waals surface area contributed by atoms with Gasteiger partial charge < -0.3 is 28.6 Å². The van der Waals surface area contributed by atoms with Crippen LogP contribution in [0.15, 0.2) is 115 Å². The van der Waals surface area contributed by atoms with Gasteiger partial charge in [-0.3, -0.25) is 4.79 Å². The second kappa shape index (κ2) is 17.5. The lowest BCUT2D eigenvalue weighted by Crippen LogP contribution is -2.42. The molecule has 0 spiro atoms. The molecule has 1 amide bonds. The van der Waals surface area contributed by atoms with E-state index < -0.39 is 25.7 Å². The molecule has 0 saturated heterocycles. The number of amides is 1. The molecule has 0 saturated carbocycles. The van der Waals surface area contributed by atoms with Gasteiger partial charge in [0.25, 0.3) is 0 Å². The molecule has 4 aromatic rings. The molecule has 0 bridgehead atoms. The molecule has 0 aliphatic carbocycles. The van der Waals surface area contributed by atoms with E-state index in [1.165, 1.54) is 7.11 Å². The fourth-order valence-electron chi connectivity index (χ4n) is 4.23. The van der Waals surface area contributed by atoms with Crippen LogP contribution in [0.3, 0.4) is 0 Å². The lowest BCUT2D eigenvalue weighted by Gasteiger charge is -2.21. The third-order valence-electron chi connectivity index (χ3n) is 6.74. The van der Waals surface area contributed by atoms with E-state index in [0.717, 1.165) is 16.7 Å². The van der Waals surface area contributed by atoms with Crippen molar-refractivity contribution < 1.29 is 42.2 Å². The summed E-state index contributed by atoms with van der Waals surface area (Å²) in [6.45, 7) is 0.165. The number of nitrogens with one attached hydrogen (secondary N) is 1. The zero-order valence-corrected chi connectivity index (χ0v) is 26.3. The average molecular weight is 646 g/mol. The highest BCUT2D eigenvalue weighted by atomic mass is 31.2. The molecule has 2 atom stereocenters. The first-order chi connectivity index (χ1) is 22.3. The first-order valence-corrected chi connectivity index (χ1v) is 16.4. The normalized spacial score (nSPS) is 12.6. The molecule has 0 aliphatic rings. The van der Waals surface area contributed by atoms with Crippen LogP contribution < -0.4 is 9.84 Å². The molecule has 4 aromatic carbocycles. The zero-order valence-electron chi connectivity index (χ0n) is 25.4. The van der Waals surface area contributed by atoms with Crippen molar-refractivity contribution in [2.75, 3.05) is 13.3 Å². The lowest BCUT2D eigenvalue weighted by atomic mass is 10.1. The molecule has 11 heteroatoms. The number of hydrogen-bond donors (Lipinski definition) is 1. The quantitative estimate of drug-likeness (QED) is 0.0813. The van der Waals surface area contributed by atoms with E-state index in [0.29, 0.717) is 5.56 Å². The molecule has 0 aromatic heterocycles. The number of rotatable bonds is 16. The number of benzene rings is 4. The molecule has 240 valence electrons. The van der Waals surface area contributed by atoms with Crippen LogP contribution >= 0.6 is 7.60 Å². The molecule has 4 rings (SSSR count). The van der Waals surface area contributed by atoms with Gasteiger partial charge in [-0.15, -0.1) is 0 Å². The van der Waals surface area contributed by atoms with Gasteiger partial charge in [-0.25, -0.2) is 14.2 Å². The van der Waals surface area contributed by atoms with Crippen LogP contribution in [0, 0.1) is 0 Å². The Hall–Kier alpha value is -4.92. The number of ether oxygens (including phenoxy) is 3. The summed E-state index contributed by atoms with van der Waals surface area (Å²) >= 11 is 0. The summed E-state index contributed by atoms with van der Waals surface area (Å²) in [7, 11) is -2.54. The van der Waals surface area contributed by atoms with Crippen molar-refractivity contribution in [2.24, 2.45) is 0 Å². The number of carbonyl (C=O) groups excluding carboxylic acids is 3.